The van der Waals surface area contributed by atoms with Gasteiger partial charge in [0.2, 0.25) is 0 Å². The van der Waals surface area contributed by atoms with E-state index in [0.29, 0.717) is 17.2 Å². The minimum atomic E-state index is -0.424. The lowest BCUT2D eigenvalue weighted by Crippen LogP contribution is -2.69. The van der Waals surface area contributed by atoms with Crippen molar-refractivity contribution in [1.82, 2.24) is 19.6 Å². The number of nitriles is 1. The number of hydrogen-bond donors (Lipinski definition) is 1. The first kappa shape index (κ1) is 21.5. The van der Waals surface area contributed by atoms with Gasteiger partial charge in [-0.2, -0.15) is 5.26 Å². The monoisotopic (exact) mass is 457 g/mol. The number of nitrogens with zero attached hydrogens (tertiary/aromatic N) is 4. The van der Waals surface area contributed by atoms with Crippen LogP contribution in [0.5, 0.6) is 0 Å². The molecular formula is C27H31N5O2. The molecule has 2 saturated heterocycles. The van der Waals surface area contributed by atoms with Gasteiger partial charge in [-0.15, -0.1) is 0 Å². The molecule has 7 heteroatoms. The van der Waals surface area contributed by atoms with Crippen molar-refractivity contribution in [2.24, 2.45) is 5.41 Å². The molecule has 4 aliphatic rings. The van der Waals surface area contributed by atoms with E-state index in [1.807, 2.05) is 29.9 Å². The van der Waals surface area contributed by atoms with Crippen LogP contribution in [0.3, 0.4) is 0 Å². The molecule has 1 aromatic carbocycles. The topological polar surface area (TPSA) is 77.3 Å². The number of likely N-dealkylation sites (tertiary alicyclic amines) is 1. The molecule has 34 heavy (non-hydrogen) atoms. The summed E-state index contributed by atoms with van der Waals surface area (Å²) < 4.78 is 7.43. The quantitative estimate of drug-likeness (QED) is 0.762. The Labute approximate surface area is 199 Å². The third-order valence-electron chi connectivity index (χ3n) is 8.32. The molecule has 1 N–H and O–H groups in total. The number of rotatable bonds is 4. The highest BCUT2D eigenvalue weighted by atomic mass is 16.5. The van der Waals surface area contributed by atoms with Crippen molar-refractivity contribution < 1.29 is 4.74 Å². The summed E-state index contributed by atoms with van der Waals surface area (Å²) in [6.45, 7) is 5.42. The Bertz CT molecular complexity index is 1280. The fraction of sp³-hybridized carbons (Fsp3) is 0.481. The number of aryl methyl sites for hydroxylation is 1. The minimum absolute atomic E-state index is 0.00890. The van der Waals surface area contributed by atoms with E-state index >= 15 is 0 Å². The highest BCUT2D eigenvalue weighted by molar-refractivity contribution is 5.67. The van der Waals surface area contributed by atoms with Crippen LogP contribution in [0, 0.1) is 23.7 Å². The molecule has 6 rings (SSSR count). The molecule has 3 fully saturated rings. The maximum absolute atomic E-state index is 13.8. The lowest BCUT2D eigenvalue weighted by atomic mass is 9.59. The normalized spacial score (nSPS) is 25.0. The molecule has 1 atom stereocenters. The number of ether oxygens (including phenoxy) is 1. The van der Waals surface area contributed by atoms with Crippen LogP contribution in [0.15, 0.2) is 53.1 Å². The van der Waals surface area contributed by atoms with E-state index in [2.05, 4.69) is 46.4 Å². The maximum Gasteiger partial charge on any atom is 0.276 e. The molecule has 176 valence electrons. The van der Waals surface area contributed by atoms with Gasteiger partial charge in [0.1, 0.15) is 5.66 Å². The number of aromatic amines is 1. The van der Waals surface area contributed by atoms with E-state index in [1.165, 1.54) is 18.4 Å². The number of aromatic nitrogens is 2. The number of hydrogen-bond acceptors (Lipinski definition) is 5. The van der Waals surface area contributed by atoms with Gasteiger partial charge in [-0.05, 0) is 62.2 Å². The highest BCUT2D eigenvalue weighted by Crippen LogP contribution is 2.58. The Morgan fingerprint density at radius 1 is 1.24 bits per heavy atom. The molecule has 0 radical (unpaired) electrons. The number of nitrogens with one attached hydrogen (secondary N) is 1. The summed E-state index contributed by atoms with van der Waals surface area (Å²) in [5.41, 5.74) is 4.14. The third-order valence-corrected chi connectivity index (χ3v) is 8.32. The van der Waals surface area contributed by atoms with E-state index in [4.69, 9.17) is 4.74 Å². The zero-order chi connectivity index (χ0) is 23.5. The van der Waals surface area contributed by atoms with Crippen molar-refractivity contribution in [2.75, 3.05) is 33.4 Å². The van der Waals surface area contributed by atoms with Gasteiger partial charge in [-0.3, -0.25) is 9.69 Å². The smallest absolute Gasteiger partial charge is 0.276 e. The maximum atomic E-state index is 13.8. The van der Waals surface area contributed by atoms with E-state index in [1.54, 1.807) is 6.07 Å². The minimum Gasteiger partial charge on any atom is -0.380 e. The molecule has 7 nitrogen and oxygen atoms in total. The zero-order valence-electron chi connectivity index (χ0n) is 19.9. The van der Waals surface area contributed by atoms with Crippen LogP contribution in [0.1, 0.15) is 36.8 Å². The van der Waals surface area contributed by atoms with Gasteiger partial charge in [0, 0.05) is 43.2 Å². The average Bonchev–Trinajstić information content (AvgIpc) is 3.38. The summed E-state index contributed by atoms with van der Waals surface area (Å²) in [4.78, 5) is 18.6. The SMILES string of the molecule is Cc1cc(C#N)ccc1-c1c[nH]n(C2(N3C=C(C4CCCN4C)C=CC3)CC3(COC3)C2)c1=O. The lowest BCUT2D eigenvalue weighted by Gasteiger charge is -2.63. The van der Waals surface area contributed by atoms with Crippen LogP contribution in [-0.2, 0) is 10.4 Å². The van der Waals surface area contributed by atoms with Crippen LogP contribution in [0.4, 0.5) is 0 Å². The molecule has 4 heterocycles. The zero-order valence-corrected chi connectivity index (χ0v) is 19.9. The van der Waals surface area contributed by atoms with Crippen LogP contribution in [0.25, 0.3) is 11.1 Å². The summed E-state index contributed by atoms with van der Waals surface area (Å²) in [7, 11) is 2.20. The second-order valence-corrected chi connectivity index (χ2v) is 10.6. The van der Waals surface area contributed by atoms with E-state index < -0.39 is 5.66 Å². The molecule has 1 aliphatic carbocycles. The lowest BCUT2D eigenvalue weighted by molar-refractivity contribution is -0.241. The predicted molar refractivity (Wildman–Crippen MR) is 130 cm³/mol. The van der Waals surface area contributed by atoms with Gasteiger partial charge >= 0.3 is 0 Å². The predicted octanol–water partition coefficient (Wildman–Crippen LogP) is 3.34. The summed E-state index contributed by atoms with van der Waals surface area (Å²) in [5, 5.41) is 12.6. The fourth-order valence-electron chi connectivity index (χ4n) is 6.54. The Kier molecular flexibility index (Phi) is 4.87. The number of benzene rings is 1. The summed E-state index contributed by atoms with van der Waals surface area (Å²) >= 11 is 0. The van der Waals surface area contributed by atoms with Gasteiger partial charge < -0.3 is 14.7 Å². The molecule has 0 amide bonds. The van der Waals surface area contributed by atoms with Gasteiger partial charge in [-0.1, -0.05) is 18.2 Å². The standard InChI is InChI=1S/C27H31N5O2/c1-19-11-20(12-28)7-8-22(19)23-13-29-32(25(23)33)27(15-26(16-27)17-34-18-26)31-10-3-5-21(14-31)24-6-4-9-30(24)2/h3,5,7-8,11,13-14,24,29H,4,6,9-10,15-18H2,1-2H3. The molecule has 1 spiro atoms. The second kappa shape index (κ2) is 7.72. The van der Waals surface area contributed by atoms with Gasteiger partial charge in [0.05, 0.1) is 30.4 Å². The van der Waals surface area contributed by atoms with Crippen molar-refractivity contribution >= 4 is 0 Å². The first-order valence-electron chi connectivity index (χ1n) is 12.2. The van der Waals surface area contributed by atoms with Crippen molar-refractivity contribution in [2.45, 2.75) is 44.3 Å². The van der Waals surface area contributed by atoms with E-state index in [0.717, 1.165) is 50.3 Å². The first-order valence-corrected chi connectivity index (χ1v) is 12.2. The van der Waals surface area contributed by atoms with Crippen LogP contribution in [-0.4, -0.2) is 59.0 Å². The first-order chi connectivity index (χ1) is 16.4. The molecule has 1 unspecified atom stereocenters. The van der Waals surface area contributed by atoms with Crippen LogP contribution in [0.2, 0.25) is 0 Å². The molecule has 0 bridgehead atoms. The largest absolute Gasteiger partial charge is 0.380 e. The Morgan fingerprint density at radius 3 is 2.71 bits per heavy atom. The molecule has 2 aromatic rings. The molecule has 1 saturated carbocycles. The summed E-state index contributed by atoms with van der Waals surface area (Å²) in [6.07, 6.45) is 12.8. The van der Waals surface area contributed by atoms with Crippen molar-refractivity contribution in [3.05, 3.63) is 69.8 Å². The Hall–Kier alpha value is -3.08. The van der Waals surface area contributed by atoms with Crippen molar-refractivity contribution in [3.8, 4) is 17.2 Å². The van der Waals surface area contributed by atoms with Gasteiger partial charge in [-0.25, -0.2) is 4.68 Å². The van der Waals surface area contributed by atoms with Crippen molar-refractivity contribution in [1.29, 1.82) is 5.26 Å². The molecule has 3 aliphatic heterocycles. The third kappa shape index (κ3) is 3.13. The van der Waals surface area contributed by atoms with Gasteiger partial charge in [0.15, 0.2) is 0 Å². The molecular weight excluding hydrogens is 426 g/mol. The van der Waals surface area contributed by atoms with Crippen LogP contribution < -0.4 is 5.56 Å². The van der Waals surface area contributed by atoms with E-state index in [-0.39, 0.29) is 11.0 Å². The van der Waals surface area contributed by atoms with Crippen LogP contribution >= 0.6 is 0 Å². The van der Waals surface area contributed by atoms with Crippen molar-refractivity contribution in [3.63, 3.8) is 0 Å². The Balaban J connectivity index is 1.40. The molecule has 1 aromatic heterocycles. The van der Waals surface area contributed by atoms with E-state index in [9.17, 15) is 10.1 Å². The summed E-state index contributed by atoms with van der Waals surface area (Å²) in [6, 6.07) is 8.12. The highest BCUT2D eigenvalue weighted by Gasteiger charge is 2.62. The Morgan fingerprint density at radius 2 is 2.06 bits per heavy atom. The number of H-pyrrole nitrogens is 1. The second-order valence-electron chi connectivity index (χ2n) is 10.6. The summed E-state index contributed by atoms with van der Waals surface area (Å²) in [5.74, 6) is 0. The van der Waals surface area contributed by atoms with Gasteiger partial charge in [0.25, 0.3) is 5.56 Å². The fourth-order valence-corrected chi connectivity index (χ4v) is 6.54. The number of likely N-dealkylation sites (N-methyl/N-ethyl adjacent to an activating group) is 1. The average molecular weight is 458 g/mol.